The minimum absolute atomic E-state index is 0.621. The van der Waals surface area contributed by atoms with Gasteiger partial charge in [-0.1, -0.05) is 43.3 Å². The molecular weight excluding hydrogens is 342 g/mol. The summed E-state index contributed by atoms with van der Waals surface area (Å²) < 4.78 is 0. The quantitative estimate of drug-likeness (QED) is 0.504. The first kappa shape index (κ1) is 18.2. The first-order valence-corrected chi connectivity index (χ1v) is 9.82. The van der Waals surface area contributed by atoms with Gasteiger partial charge in [-0.3, -0.25) is 4.98 Å². The number of pyridine rings is 2. The van der Waals surface area contributed by atoms with Crippen molar-refractivity contribution in [3.8, 4) is 11.1 Å². The zero-order chi connectivity index (χ0) is 19.5. The Hall–Kier alpha value is -3.20. The number of hydrogen-bond donors (Lipinski definition) is 1. The summed E-state index contributed by atoms with van der Waals surface area (Å²) in [5, 5.41) is 1.13. The van der Waals surface area contributed by atoms with Gasteiger partial charge in [-0.15, -0.1) is 0 Å². The molecule has 0 saturated carbocycles. The van der Waals surface area contributed by atoms with Gasteiger partial charge in [0.1, 0.15) is 5.82 Å². The number of rotatable bonds is 5. The van der Waals surface area contributed by atoms with E-state index in [0.29, 0.717) is 5.82 Å². The van der Waals surface area contributed by atoms with Crippen molar-refractivity contribution >= 4 is 16.7 Å². The Morgan fingerprint density at radius 3 is 2.54 bits per heavy atom. The number of nitrogens with zero attached hydrogens (tertiary/aromatic N) is 2. The predicted octanol–water partition coefficient (Wildman–Crippen LogP) is 5.54. The van der Waals surface area contributed by atoms with Gasteiger partial charge in [0.05, 0.1) is 5.52 Å². The molecule has 0 saturated heterocycles. The van der Waals surface area contributed by atoms with Crippen molar-refractivity contribution in [3.63, 3.8) is 0 Å². The molecule has 0 unspecified atom stereocenters. The second kappa shape index (κ2) is 7.81. The first-order chi connectivity index (χ1) is 13.6. The van der Waals surface area contributed by atoms with Gasteiger partial charge in [-0.2, -0.15) is 0 Å². The van der Waals surface area contributed by atoms with Gasteiger partial charge in [0.2, 0.25) is 0 Å². The molecule has 0 aliphatic heterocycles. The molecule has 3 heteroatoms. The van der Waals surface area contributed by atoms with Crippen LogP contribution in [0.25, 0.3) is 22.0 Å². The van der Waals surface area contributed by atoms with Gasteiger partial charge in [0.25, 0.3) is 0 Å². The Morgan fingerprint density at radius 1 is 0.893 bits per heavy atom. The van der Waals surface area contributed by atoms with E-state index in [2.05, 4.69) is 78.4 Å². The lowest BCUT2D eigenvalue weighted by atomic mass is 9.98. The van der Waals surface area contributed by atoms with E-state index in [0.717, 1.165) is 35.7 Å². The third-order valence-corrected chi connectivity index (χ3v) is 5.33. The lowest BCUT2D eigenvalue weighted by Gasteiger charge is -2.10. The number of anilines is 1. The largest absolute Gasteiger partial charge is 0.383 e. The normalized spacial score (nSPS) is 11.1. The predicted molar refractivity (Wildman–Crippen MR) is 117 cm³/mol. The molecule has 28 heavy (non-hydrogen) atoms. The van der Waals surface area contributed by atoms with Crippen molar-refractivity contribution in [3.05, 3.63) is 89.2 Å². The van der Waals surface area contributed by atoms with Crippen molar-refractivity contribution in [2.45, 2.75) is 33.1 Å². The maximum absolute atomic E-state index is 6.25. The summed E-state index contributed by atoms with van der Waals surface area (Å²) in [6, 6.07) is 19.3. The summed E-state index contributed by atoms with van der Waals surface area (Å²) in [6.07, 6.45) is 6.65. The second-order valence-electron chi connectivity index (χ2n) is 7.31. The van der Waals surface area contributed by atoms with Crippen LogP contribution in [0.4, 0.5) is 5.82 Å². The van der Waals surface area contributed by atoms with E-state index in [4.69, 9.17) is 5.73 Å². The molecule has 0 radical (unpaired) electrons. The highest BCUT2D eigenvalue weighted by molar-refractivity contribution is 5.87. The highest BCUT2D eigenvalue weighted by atomic mass is 14.8. The highest BCUT2D eigenvalue weighted by Crippen LogP contribution is 2.28. The molecular formula is C25H25N3. The average molecular weight is 367 g/mol. The van der Waals surface area contributed by atoms with Crippen LogP contribution in [0.1, 0.15) is 29.2 Å². The van der Waals surface area contributed by atoms with Gasteiger partial charge in [0, 0.05) is 17.8 Å². The third-order valence-electron chi connectivity index (χ3n) is 5.33. The molecule has 0 aliphatic rings. The maximum atomic E-state index is 6.25. The zero-order valence-corrected chi connectivity index (χ0v) is 16.4. The number of nitrogens with two attached hydrogens (primary N) is 1. The average Bonchev–Trinajstić information content (AvgIpc) is 2.72. The van der Waals surface area contributed by atoms with Gasteiger partial charge in [-0.25, -0.2) is 4.98 Å². The minimum Gasteiger partial charge on any atom is -0.383 e. The topological polar surface area (TPSA) is 51.8 Å². The number of fused-ring (bicyclic) bond motifs is 1. The van der Waals surface area contributed by atoms with Gasteiger partial charge < -0.3 is 5.73 Å². The van der Waals surface area contributed by atoms with E-state index < -0.39 is 0 Å². The fourth-order valence-corrected chi connectivity index (χ4v) is 3.65. The molecule has 0 aliphatic carbocycles. The smallest absolute Gasteiger partial charge is 0.127 e. The van der Waals surface area contributed by atoms with Crippen LogP contribution in [-0.2, 0) is 19.3 Å². The van der Waals surface area contributed by atoms with E-state index in [1.807, 2.05) is 12.4 Å². The summed E-state index contributed by atoms with van der Waals surface area (Å²) >= 11 is 0. The molecule has 2 aromatic carbocycles. The summed E-state index contributed by atoms with van der Waals surface area (Å²) in [5.74, 6) is 0.621. The third kappa shape index (κ3) is 3.74. The van der Waals surface area contributed by atoms with Crippen molar-refractivity contribution < 1.29 is 0 Å². The van der Waals surface area contributed by atoms with Crippen LogP contribution in [0.3, 0.4) is 0 Å². The second-order valence-corrected chi connectivity index (χ2v) is 7.31. The molecule has 2 aromatic heterocycles. The van der Waals surface area contributed by atoms with E-state index >= 15 is 0 Å². The van der Waals surface area contributed by atoms with Crippen LogP contribution in [0.5, 0.6) is 0 Å². The monoisotopic (exact) mass is 367 g/mol. The van der Waals surface area contributed by atoms with Crippen LogP contribution in [0.2, 0.25) is 0 Å². The van der Waals surface area contributed by atoms with Crippen molar-refractivity contribution in [1.82, 2.24) is 9.97 Å². The molecule has 0 fully saturated rings. The fraction of sp³-hybridized carbons (Fsp3) is 0.200. The van der Waals surface area contributed by atoms with Gasteiger partial charge in [-0.05, 0) is 77.8 Å². The number of aryl methyl sites for hydroxylation is 4. The van der Waals surface area contributed by atoms with Crippen LogP contribution < -0.4 is 5.73 Å². The van der Waals surface area contributed by atoms with Crippen LogP contribution in [-0.4, -0.2) is 9.97 Å². The van der Waals surface area contributed by atoms with E-state index in [1.165, 1.54) is 27.8 Å². The molecule has 0 spiro atoms. The first-order valence-electron chi connectivity index (χ1n) is 9.82. The Balaban J connectivity index is 1.65. The lowest BCUT2D eigenvalue weighted by molar-refractivity contribution is 0.938. The SMILES string of the molecule is CCc1cncc(CCc2cc3cc(-c4ccccc4C)ccc3nc2N)c1. The van der Waals surface area contributed by atoms with Gasteiger partial charge >= 0.3 is 0 Å². The highest BCUT2D eigenvalue weighted by Gasteiger charge is 2.08. The molecule has 0 amide bonds. The molecule has 2 heterocycles. The fourth-order valence-electron chi connectivity index (χ4n) is 3.65. The van der Waals surface area contributed by atoms with Crippen molar-refractivity contribution in [1.29, 1.82) is 0 Å². The molecule has 2 N–H and O–H groups in total. The zero-order valence-electron chi connectivity index (χ0n) is 16.4. The van der Waals surface area contributed by atoms with Crippen molar-refractivity contribution in [2.24, 2.45) is 0 Å². The Bertz CT molecular complexity index is 1130. The molecule has 140 valence electrons. The Labute approximate surface area is 166 Å². The number of benzene rings is 2. The van der Waals surface area contributed by atoms with E-state index in [9.17, 15) is 0 Å². The standard InChI is InChI=1S/C25H25N3/c1-3-18-12-19(16-27-15-18)8-9-21-14-22-13-20(10-11-24(22)28-25(21)26)23-7-5-4-6-17(23)2/h4-7,10-16H,3,8-9H2,1-2H3,(H2,26,28). The van der Waals surface area contributed by atoms with Crippen LogP contribution in [0, 0.1) is 6.92 Å². The Kier molecular flexibility index (Phi) is 5.07. The van der Waals surface area contributed by atoms with E-state index in [-0.39, 0.29) is 0 Å². The number of aromatic nitrogens is 2. The van der Waals surface area contributed by atoms with Gasteiger partial charge in [0.15, 0.2) is 0 Å². The summed E-state index contributed by atoms with van der Waals surface area (Å²) in [4.78, 5) is 8.99. The molecule has 3 nitrogen and oxygen atoms in total. The molecule has 0 atom stereocenters. The molecule has 0 bridgehead atoms. The maximum Gasteiger partial charge on any atom is 0.127 e. The molecule has 4 aromatic rings. The summed E-state index contributed by atoms with van der Waals surface area (Å²) in [5.41, 5.74) is 14.5. The van der Waals surface area contributed by atoms with E-state index in [1.54, 1.807) is 0 Å². The molecule has 4 rings (SSSR count). The Morgan fingerprint density at radius 2 is 1.71 bits per heavy atom. The van der Waals surface area contributed by atoms with Crippen LogP contribution >= 0.6 is 0 Å². The summed E-state index contributed by atoms with van der Waals surface area (Å²) in [6.45, 7) is 4.29. The summed E-state index contributed by atoms with van der Waals surface area (Å²) in [7, 11) is 0. The lowest BCUT2D eigenvalue weighted by Crippen LogP contribution is -2.01. The van der Waals surface area contributed by atoms with Crippen molar-refractivity contribution in [2.75, 3.05) is 5.73 Å². The minimum atomic E-state index is 0.621. The van der Waals surface area contributed by atoms with Crippen LogP contribution in [0.15, 0.2) is 67.0 Å². The number of hydrogen-bond acceptors (Lipinski definition) is 3. The number of nitrogen functional groups attached to an aromatic ring is 1.